The molecule has 132 valence electrons. The van der Waals surface area contributed by atoms with Gasteiger partial charge in [-0.05, 0) is 31.0 Å². The number of nitrogens with zero attached hydrogens (tertiary/aromatic N) is 2. The molecule has 0 aromatic heterocycles. The number of likely N-dealkylation sites (tertiary alicyclic amines) is 1. The molecule has 8 heteroatoms. The zero-order valence-corrected chi connectivity index (χ0v) is 15.0. The van der Waals surface area contributed by atoms with Gasteiger partial charge in [-0.2, -0.15) is 8.42 Å². The van der Waals surface area contributed by atoms with Gasteiger partial charge < -0.3 is 15.0 Å². The third-order valence-electron chi connectivity index (χ3n) is 3.91. The predicted octanol–water partition coefficient (Wildman–Crippen LogP) is 1.86. The van der Waals surface area contributed by atoms with Gasteiger partial charge in [0.2, 0.25) is 0 Å². The Morgan fingerprint density at radius 2 is 2.21 bits per heavy atom. The maximum atomic E-state index is 12.5. The number of benzene rings is 1. The van der Waals surface area contributed by atoms with Crippen molar-refractivity contribution >= 4 is 27.5 Å². The molecule has 1 aliphatic heterocycles. The summed E-state index contributed by atoms with van der Waals surface area (Å²) in [7, 11) is -0.514. The molecule has 1 aliphatic rings. The van der Waals surface area contributed by atoms with E-state index in [1.54, 1.807) is 12.1 Å². The number of nitrogens with one attached hydrogen (secondary N) is 1. The highest BCUT2D eigenvalue weighted by Crippen LogP contribution is 2.20. The van der Waals surface area contributed by atoms with E-state index in [9.17, 15) is 13.2 Å². The summed E-state index contributed by atoms with van der Waals surface area (Å²) >= 11 is 0. The Balaban J connectivity index is 2.22. The highest BCUT2D eigenvalue weighted by molar-refractivity contribution is 7.90. The van der Waals surface area contributed by atoms with Gasteiger partial charge in [0.05, 0.1) is 4.90 Å². The average Bonchev–Trinajstić information content (AvgIpc) is 2.93. The number of carbonyl (C=O) groups excluding carboxylic acids is 1. The zero-order chi connectivity index (χ0) is 17.7. The van der Waals surface area contributed by atoms with Crippen LogP contribution in [0.2, 0.25) is 0 Å². The number of hydrogen-bond acceptors (Lipinski definition) is 4. The molecule has 1 amide bonds. The van der Waals surface area contributed by atoms with E-state index in [-0.39, 0.29) is 10.8 Å². The molecular weight excluding hydrogens is 330 g/mol. The summed E-state index contributed by atoms with van der Waals surface area (Å²) in [6.45, 7) is 2.64. The fraction of sp³-hybridized carbons (Fsp3) is 0.500. The summed E-state index contributed by atoms with van der Waals surface area (Å²) in [4.78, 5) is 13.9. The molecule has 0 saturated carbocycles. The molecule has 1 saturated heterocycles. The van der Waals surface area contributed by atoms with Crippen molar-refractivity contribution in [3.8, 4) is 0 Å². The fourth-order valence-electron chi connectivity index (χ4n) is 2.52. The van der Waals surface area contributed by atoms with Gasteiger partial charge in [-0.15, -0.1) is 4.40 Å². The summed E-state index contributed by atoms with van der Waals surface area (Å²) < 4.78 is 33.9. The third kappa shape index (κ3) is 4.33. The topological polar surface area (TPSA) is 88.1 Å². The highest BCUT2D eigenvalue weighted by atomic mass is 32.2. The lowest BCUT2D eigenvalue weighted by atomic mass is 10.2. The molecule has 1 aromatic carbocycles. The van der Waals surface area contributed by atoms with E-state index in [0.29, 0.717) is 24.4 Å². The average molecular weight is 353 g/mol. The number of methoxy groups -OCH3 is 1. The minimum Gasteiger partial charge on any atom is -0.372 e. The summed E-state index contributed by atoms with van der Waals surface area (Å²) in [6.07, 6.45) is 1.51. The Morgan fingerprint density at radius 1 is 1.46 bits per heavy atom. The first-order chi connectivity index (χ1) is 11.4. The standard InChI is InChI=1S/C16H23N3O4S/c1-4-14(23-3)16(20)17-12-7-5-8-13(11-12)24(21,22)18-15-9-6-10-19(15)2/h5,7-8,11,14H,4,6,9-10H2,1-3H3,(H,17,20)/b18-15-. The molecule has 1 atom stereocenters. The minimum atomic E-state index is -3.80. The number of carbonyl (C=O) groups is 1. The van der Waals surface area contributed by atoms with E-state index in [0.717, 1.165) is 13.0 Å². The van der Waals surface area contributed by atoms with Crippen molar-refractivity contribution in [2.24, 2.45) is 4.40 Å². The monoisotopic (exact) mass is 353 g/mol. The molecular formula is C16H23N3O4S. The normalized spacial score (nSPS) is 18.0. The van der Waals surface area contributed by atoms with Crippen LogP contribution in [0.4, 0.5) is 5.69 Å². The molecule has 24 heavy (non-hydrogen) atoms. The Bertz CT molecular complexity index is 727. The lowest BCUT2D eigenvalue weighted by molar-refractivity contribution is -0.125. The molecule has 1 heterocycles. The molecule has 0 bridgehead atoms. The summed E-state index contributed by atoms with van der Waals surface area (Å²) in [5, 5.41) is 2.67. The zero-order valence-electron chi connectivity index (χ0n) is 14.2. The van der Waals surface area contributed by atoms with Crippen molar-refractivity contribution in [3.05, 3.63) is 24.3 Å². The van der Waals surface area contributed by atoms with Crippen LogP contribution in [0.1, 0.15) is 26.2 Å². The number of rotatable bonds is 6. The van der Waals surface area contributed by atoms with Crippen molar-refractivity contribution in [1.29, 1.82) is 0 Å². The van der Waals surface area contributed by atoms with Crippen molar-refractivity contribution in [2.75, 3.05) is 26.0 Å². The first-order valence-corrected chi connectivity index (χ1v) is 9.30. The molecule has 7 nitrogen and oxygen atoms in total. The molecule has 1 N–H and O–H groups in total. The van der Waals surface area contributed by atoms with E-state index in [1.165, 1.54) is 19.2 Å². The van der Waals surface area contributed by atoms with Gasteiger partial charge >= 0.3 is 0 Å². The number of anilines is 1. The van der Waals surface area contributed by atoms with Crippen molar-refractivity contribution in [3.63, 3.8) is 0 Å². The van der Waals surface area contributed by atoms with E-state index in [4.69, 9.17) is 4.74 Å². The van der Waals surface area contributed by atoms with E-state index < -0.39 is 16.1 Å². The van der Waals surface area contributed by atoms with Gasteiger partial charge in [-0.3, -0.25) is 4.79 Å². The van der Waals surface area contributed by atoms with E-state index >= 15 is 0 Å². The summed E-state index contributed by atoms with van der Waals surface area (Å²) in [5.74, 6) is 0.256. The smallest absolute Gasteiger partial charge is 0.284 e. The molecule has 1 fully saturated rings. The second kappa shape index (κ2) is 7.76. The number of ether oxygens (including phenoxy) is 1. The van der Waals surface area contributed by atoms with Crippen LogP contribution < -0.4 is 5.32 Å². The second-order valence-electron chi connectivity index (χ2n) is 5.66. The lowest BCUT2D eigenvalue weighted by Gasteiger charge is -2.14. The maximum absolute atomic E-state index is 12.5. The Kier molecular flexibility index (Phi) is 5.95. The molecule has 0 spiro atoms. The molecule has 1 aromatic rings. The van der Waals surface area contributed by atoms with Crippen LogP contribution >= 0.6 is 0 Å². The summed E-state index contributed by atoms with van der Waals surface area (Å²) in [5.41, 5.74) is 0.400. The quantitative estimate of drug-likeness (QED) is 0.843. The minimum absolute atomic E-state index is 0.0542. The van der Waals surface area contributed by atoms with Crippen molar-refractivity contribution < 1.29 is 17.9 Å². The largest absolute Gasteiger partial charge is 0.372 e. The van der Waals surface area contributed by atoms with Crippen LogP contribution in [0.5, 0.6) is 0 Å². The SMILES string of the molecule is CCC(OC)C(=O)Nc1cccc(S(=O)(=O)/N=C2/CCCN2C)c1. The molecule has 2 rings (SSSR count). The second-order valence-corrected chi connectivity index (χ2v) is 7.26. The molecule has 1 unspecified atom stereocenters. The van der Waals surface area contributed by atoms with Crippen LogP contribution in [0.25, 0.3) is 0 Å². The van der Waals surface area contributed by atoms with Gasteiger partial charge in [0, 0.05) is 32.8 Å². The van der Waals surface area contributed by atoms with Gasteiger partial charge in [-0.1, -0.05) is 13.0 Å². The molecule has 0 radical (unpaired) electrons. The Morgan fingerprint density at radius 3 is 2.79 bits per heavy atom. The first-order valence-electron chi connectivity index (χ1n) is 7.86. The number of sulfonamides is 1. The first kappa shape index (κ1) is 18.4. The Labute approximate surface area is 142 Å². The van der Waals surface area contributed by atoms with Crippen LogP contribution in [0, 0.1) is 0 Å². The number of amides is 1. The van der Waals surface area contributed by atoms with E-state index in [1.807, 2.05) is 18.9 Å². The van der Waals surface area contributed by atoms with Crippen LogP contribution in [-0.4, -0.2) is 51.9 Å². The van der Waals surface area contributed by atoms with Crippen molar-refractivity contribution in [1.82, 2.24) is 4.90 Å². The maximum Gasteiger partial charge on any atom is 0.284 e. The molecule has 0 aliphatic carbocycles. The predicted molar refractivity (Wildman–Crippen MR) is 92.6 cm³/mol. The number of amidine groups is 1. The van der Waals surface area contributed by atoms with Gasteiger partial charge in [0.25, 0.3) is 15.9 Å². The van der Waals surface area contributed by atoms with Gasteiger partial charge in [0.15, 0.2) is 0 Å². The lowest BCUT2D eigenvalue weighted by Crippen LogP contribution is -2.28. The van der Waals surface area contributed by atoms with Crippen LogP contribution in [0.3, 0.4) is 0 Å². The Hall–Kier alpha value is -1.93. The van der Waals surface area contributed by atoms with Crippen LogP contribution in [0.15, 0.2) is 33.6 Å². The number of hydrogen-bond donors (Lipinski definition) is 1. The van der Waals surface area contributed by atoms with Gasteiger partial charge in [-0.25, -0.2) is 0 Å². The van der Waals surface area contributed by atoms with E-state index in [2.05, 4.69) is 9.71 Å². The van der Waals surface area contributed by atoms with Gasteiger partial charge in [0.1, 0.15) is 11.9 Å². The van der Waals surface area contributed by atoms with Crippen molar-refractivity contribution in [2.45, 2.75) is 37.2 Å². The summed E-state index contributed by atoms with van der Waals surface area (Å²) in [6, 6.07) is 6.09. The third-order valence-corrected chi connectivity index (χ3v) is 5.21. The highest BCUT2D eigenvalue weighted by Gasteiger charge is 2.21. The fourth-order valence-corrected chi connectivity index (χ4v) is 3.66. The van der Waals surface area contributed by atoms with Crippen LogP contribution in [-0.2, 0) is 19.6 Å².